The van der Waals surface area contributed by atoms with Gasteiger partial charge >= 0.3 is 0 Å². The number of halogens is 1. The van der Waals surface area contributed by atoms with Crippen LogP contribution >= 0.6 is 12.2 Å². The number of rotatable bonds is 3. The molecular weight excluding hydrogens is 223 g/mol. The van der Waals surface area contributed by atoms with Gasteiger partial charge < -0.3 is 10.6 Å². The lowest BCUT2D eigenvalue weighted by Crippen LogP contribution is -2.40. The molecule has 0 aromatic heterocycles. The normalized spacial score (nSPS) is 12.3. The summed E-state index contributed by atoms with van der Waals surface area (Å²) in [5, 5.41) is 6.78. The molecule has 0 saturated carbocycles. The molecule has 0 radical (unpaired) electrons. The van der Waals surface area contributed by atoms with Crippen molar-refractivity contribution in [2.24, 2.45) is 0 Å². The average molecular weight is 240 g/mol. The van der Waals surface area contributed by atoms with Gasteiger partial charge in [0.05, 0.1) is 6.04 Å². The average Bonchev–Trinajstić information content (AvgIpc) is 2.16. The SMILES string of the molecule is CC(C)NC(=S)NC(C)c1cccc(F)c1. The molecule has 0 aliphatic carbocycles. The van der Waals surface area contributed by atoms with Gasteiger partial charge in [-0.1, -0.05) is 12.1 Å². The molecule has 88 valence electrons. The summed E-state index contributed by atoms with van der Waals surface area (Å²) in [5.41, 5.74) is 0.882. The van der Waals surface area contributed by atoms with Crippen molar-refractivity contribution in [3.63, 3.8) is 0 Å². The van der Waals surface area contributed by atoms with Gasteiger partial charge in [0.25, 0.3) is 0 Å². The molecule has 1 unspecified atom stereocenters. The van der Waals surface area contributed by atoms with Crippen molar-refractivity contribution in [2.75, 3.05) is 0 Å². The maximum Gasteiger partial charge on any atom is 0.166 e. The zero-order chi connectivity index (χ0) is 12.1. The van der Waals surface area contributed by atoms with Crippen molar-refractivity contribution >= 4 is 17.3 Å². The minimum Gasteiger partial charge on any atom is -0.361 e. The van der Waals surface area contributed by atoms with E-state index in [0.717, 1.165) is 5.56 Å². The van der Waals surface area contributed by atoms with Crippen LogP contribution in [0.15, 0.2) is 24.3 Å². The molecule has 1 atom stereocenters. The highest BCUT2D eigenvalue weighted by Gasteiger charge is 2.07. The largest absolute Gasteiger partial charge is 0.361 e. The Morgan fingerprint density at radius 2 is 1.94 bits per heavy atom. The molecule has 0 aliphatic rings. The Morgan fingerprint density at radius 1 is 1.25 bits per heavy atom. The molecule has 0 fully saturated rings. The van der Waals surface area contributed by atoms with Crippen molar-refractivity contribution in [3.8, 4) is 0 Å². The van der Waals surface area contributed by atoms with Crippen LogP contribution in [0, 0.1) is 5.82 Å². The standard InChI is InChI=1S/C12H17FN2S/c1-8(2)14-12(16)15-9(3)10-5-4-6-11(13)7-10/h4-9H,1-3H3,(H2,14,15,16). The number of thiocarbonyl (C=S) groups is 1. The van der Waals surface area contributed by atoms with Crippen LogP contribution in [0.5, 0.6) is 0 Å². The fourth-order valence-electron chi connectivity index (χ4n) is 1.36. The first kappa shape index (κ1) is 12.9. The highest BCUT2D eigenvalue weighted by atomic mass is 32.1. The predicted molar refractivity (Wildman–Crippen MR) is 68.8 cm³/mol. The highest BCUT2D eigenvalue weighted by Crippen LogP contribution is 2.13. The van der Waals surface area contributed by atoms with Crippen molar-refractivity contribution in [3.05, 3.63) is 35.6 Å². The van der Waals surface area contributed by atoms with E-state index in [1.54, 1.807) is 6.07 Å². The summed E-state index contributed by atoms with van der Waals surface area (Å²) in [6, 6.07) is 6.80. The van der Waals surface area contributed by atoms with E-state index in [4.69, 9.17) is 12.2 Å². The van der Waals surface area contributed by atoms with Gasteiger partial charge in [-0.3, -0.25) is 0 Å². The summed E-state index contributed by atoms with van der Waals surface area (Å²) >= 11 is 5.12. The third-order valence-corrected chi connectivity index (χ3v) is 2.35. The molecule has 1 rings (SSSR count). The van der Waals surface area contributed by atoms with E-state index in [-0.39, 0.29) is 11.9 Å². The second-order valence-corrected chi connectivity index (χ2v) is 4.46. The van der Waals surface area contributed by atoms with Crippen molar-refractivity contribution in [1.82, 2.24) is 10.6 Å². The maximum absolute atomic E-state index is 13.0. The number of benzene rings is 1. The van der Waals surface area contributed by atoms with E-state index in [0.29, 0.717) is 11.2 Å². The second kappa shape index (κ2) is 5.80. The van der Waals surface area contributed by atoms with Crippen LogP contribution in [-0.2, 0) is 0 Å². The van der Waals surface area contributed by atoms with E-state index < -0.39 is 0 Å². The molecule has 0 aliphatic heterocycles. The maximum atomic E-state index is 13.0. The first-order valence-corrected chi connectivity index (χ1v) is 5.72. The Balaban J connectivity index is 2.58. The van der Waals surface area contributed by atoms with Gasteiger partial charge in [-0.25, -0.2) is 4.39 Å². The predicted octanol–water partition coefficient (Wildman–Crippen LogP) is 2.76. The lowest BCUT2D eigenvalue weighted by Gasteiger charge is -2.19. The second-order valence-electron chi connectivity index (χ2n) is 4.05. The van der Waals surface area contributed by atoms with Crippen LogP contribution in [-0.4, -0.2) is 11.2 Å². The van der Waals surface area contributed by atoms with Crippen LogP contribution in [0.3, 0.4) is 0 Å². The Bertz CT molecular complexity index is 366. The van der Waals surface area contributed by atoms with Crippen molar-refractivity contribution in [2.45, 2.75) is 32.9 Å². The Labute approximate surface area is 101 Å². The molecule has 0 heterocycles. The summed E-state index contributed by atoms with van der Waals surface area (Å²) < 4.78 is 13.0. The van der Waals surface area contributed by atoms with Gasteiger partial charge in [0.2, 0.25) is 0 Å². The summed E-state index contributed by atoms with van der Waals surface area (Å²) in [7, 11) is 0. The molecular formula is C12H17FN2S. The number of hydrogen-bond donors (Lipinski definition) is 2. The summed E-state index contributed by atoms with van der Waals surface area (Å²) in [4.78, 5) is 0. The van der Waals surface area contributed by atoms with E-state index in [9.17, 15) is 4.39 Å². The molecule has 0 spiro atoms. The number of nitrogens with one attached hydrogen (secondary N) is 2. The van der Waals surface area contributed by atoms with Crippen molar-refractivity contribution in [1.29, 1.82) is 0 Å². The minimum absolute atomic E-state index is 0.00514. The fraction of sp³-hybridized carbons (Fsp3) is 0.417. The van der Waals surface area contributed by atoms with E-state index >= 15 is 0 Å². The molecule has 0 amide bonds. The van der Waals surface area contributed by atoms with E-state index in [2.05, 4.69) is 10.6 Å². The van der Waals surface area contributed by atoms with Gasteiger partial charge in [0, 0.05) is 6.04 Å². The fourth-order valence-corrected chi connectivity index (χ4v) is 1.77. The first-order valence-electron chi connectivity index (χ1n) is 5.31. The minimum atomic E-state index is -0.228. The van der Waals surface area contributed by atoms with Crippen LogP contribution in [0.4, 0.5) is 4.39 Å². The molecule has 0 saturated heterocycles. The van der Waals surface area contributed by atoms with Gasteiger partial charge in [-0.05, 0) is 50.7 Å². The van der Waals surface area contributed by atoms with E-state index in [1.165, 1.54) is 12.1 Å². The van der Waals surface area contributed by atoms with Crippen LogP contribution in [0.2, 0.25) is 0 Å². The molecule has 2 N–H and O–H groups in total. The molecule has 4 heteroatoms. The quantitative estimate of drug-likeness (QED) is 0.794. The van der Waals surface area contributed by atoms with Gasteiger partial charge in [-0.15, -0.1) is 0 Å². The summed E-state index contributed by atoms with van der Waals surface area (Å²) in [5.74, 6) is -0.228. The zero-order valence-corrected chi connectivity index (χ0v) is 10.6. The number of hydrogen-bond acceptors (Lipinski definition) is 1. The zero-order valence-electron chi connectivity index (χ0n) is 9.75. The third kappa shape index (κ3) is 4.14. The molecule has 16 heavy (non-hydrogen) atoms. The molecule has 2 nitrogen and oxygen atoms in total. The van der Waals surface area contributed by atoms with E-state index in [1.807, 2.05) is 26.8 Å². The van der Waals surface area contributed by atoms with Crippen LogP contribution < -0.4 is 10.6 Å². The summed E-state index contributed by atoms with van der Waals surface area (Å²) in [6.07, 6.45) is 0. The molecule has 0 bridgehead atoms. The summed E-state index contributed by atoms with van der Waals surface area (Å²) in [6.45, 7) is 5.98. The smallest absolute Gasteiger partial charge is 0.166 e. The van der Waals surface area contributed by atoms with Gasteiger partial charge in [0.15, 0.2) is 5.11 Å². The molecule has 1 aromatic rings. The van der Waals surface area contributed by atoms with Gasteiger partial charge in [0.1, 0.15) is 5.82 Å². The Hall–Kier alpha value is -1.16. The van der Waals surface area contributed by atoms with Crippen LogP contribution in [0.1, 0.15) is 32.4 Å². The topological polar surface area (TPSA) is 24.1 Å². The first-order chi connectivity index (χ1) is 7.49. The molecule has 1 aromatic carbocycles. The third-order valence-electron chi connectivity index (χ3n) is 2.12. The Morgan fingerprint density at radius 3 is 2.50 bits per heavy atom. The lowest BCUT2D eigenvalue weighted by molar-refractivity contribution is 0.615. The monoisotopic (exact) mass is 240 g/mol. The highest BCUT2D eigenvalue weighted by molar-refractivity contribution is 7.80. The van der Waals surface area contributed by atoms with Crippen LogP contribution in [0.25, 0.3) is 0 Å². The Kier molecular flexibility index (Phi) is 4.68. The van der Waals surface area contributed by atoms with Crippen molar-refractivity contribution < 1.29 is 4.39 Å². The lowest BCUT2D eigenvalue weighted by atomic mass is 10.1. The van der Waals surface area contributed by atoms with Gasteiger partial charge in [-0.2, -0.15) is 0 Å².